The highest BCUT2D eigenvalue weighted by atomic mass is 16.4. The zero-order chi connectivity index (χ0) is 13.2. The van der Waals surface area contributed by atoms with Gasteiger partial charge in [-0.3, -0.25) is 9.20 Å². The number of benzene rings is 1. The average Bonchev–Trinajstić information content (AvgIpc) is 2.82. The van der Waals surface area contributed by atoms with Crippen molar-refractivity contribution < 1.29 is 9.90 Å². The van der Waals surface area contributed by atoms with Gasteiger partial charge in [0.1, 0.15) is 12.2 Å². The van der Waals surface area contributed by atoms with Crippen LogP contribution in [0.1, 0.15) is 18.7 Å². The number of fused-ring (bicyclic) bond motifs is 3. The van der Waals surface area contributed by atoms with E-state index in [0.29, 0.717) is 12.8 Å². The van der Waals surface area contributed by atoms with E-state index in [-0.39, 0.29) is 6.42 Å². The van der Waals surface area contributed by atoms with Gasteiger partial charge in [-0.15, -0.1) is 10.2 Å². The Morgan fingerprint density at radius 2 is 2.11 bits per heavy atom. The molecule has 3 aromatic rings. The van der Waals surface area contributed by atoms with Gasteiger partial charge >= 0.3 is 5.97 Å². The molecule has 2 aromatic heterocycles. The second-order valence-corrected chi connectivity index (χ2v) is 4.32. The van der Waals surface area contributed by atoms with Crippen LogP contribution in [-0.2, 0) is 11.2 Å². The van der Waals surface area contributed by atoms with E-state index in [1.165, 1.54) is 0 Å². The zero-order valence-corrected chi connectivity index (χ0v) is 10.2. The van der Waals surface area contributed by atoms with Crippen LogP contribution in [0.5, 0.6) is 0 Å². The number of hydrogen-bond acceptors (Lipinski definition) is 4. The molecule has 0 bridgehead atoms. The van der Waals surface area contributed by atoms with Crippen molar-refractivity contribution in [1.82, 2.24) is 19.6 Å². The van der Waals surface area contributed by atoms with Crippen LogP contribution in [0.4, 0.5) is 0 Å². The third-order valence-corrected chi connectivity index (χ3v) is 3.01. The van der Waals surface area contributed by atoms with Gasteiger partial charge in [-0.2, -0.15) is 0 Å². The number of hydrogen-bond donors (Lipinski definition) is 1. The lowest BCUT2D eigenvalue weighted by Crippen LogP contribution is -2.00. The number of aryl methyl sites for hydroxylation is 1. The Morgan fingerprint density at radius 1 is 1.26 bits per heavy atom. The van der Waals surface area contributed by atoms with Gasteiger partial charge in [-0.1, -0.05) is 12.1 Å². The molecule has 0 unspecified atom stereocenters. The van der Waals surface area contributed by atoms with Crippen LogP contribution < -0.4 is 0 Å². The molecular formula is C13H12N4O2. The van der Waals surface area contributed by atoms with Gasteiger partial charge in [0.15, 0.2) is 5.65 Å². The highest BCUT2D eigenvalue weighted by Gasteiger charge is 2.09. The van der Waals surface area contributed by atoms with Crippen LogP contribution in [0.25, 0.3) is 16.6 Å². The Hall–Kier alpha value is -2.50. The SMILES string of the molecule is O=C(O)CCCc1nnc2c3ccccc3ncn12. The summed E-state index contributed by atoms with van der Waals surface area (Å²) in [6, 6.07) is 7.74. The number of carbonyl (C=O) groups is 1. The minimum absolute atomic E-state index is 0.135. The zero-order valence-electron chi connectivity index (χ0n) is 10.2. The van der Waals surface area contributed by atoms with Gasteiger partial charge in [0.05, 0.1) is 5.52 Å². The first-order chi connectivity index (χ1) is 9.25. The highest BCUT2D eigenvalue weighted by Crippen LogP contribution is 2.17. The third-order valence-electron chi connectivity index (χ3n) is 3.01. The summed E-state index contributed by atoms with van der Waals surface area (Å²) >= 11 is 0. The van der Waals surface area contributed by atoms with Crippen molar-refractivity contribution in [3.63, 3.8) is 0 Å². The summed E-state index contributed by atoms with van der Waals surface area (Å²) in [6.45, 7) is 0. The van der Waals surface area contributed by atoms with E-state index in [2.05, 4.69) is 15.2 Å². The summed E-state index contributed by atoms with van der Waals surface area (Å²) in [5, 5.41) is 17.9. The van der Waals surface area contributed by atoms with Gasteiger partial charge in [0.2, 0.25) is 0 Å². The fraction of sp³-hybridized carbons (Fsp3) is 0.231. The van der Waals surface area contributed by atoms with Gasteiger partial charge < -0.3 is 5.11 Å². The van der Waals surface area contributed by atoms with E-state index in [9.17, 15) is 4.79 Å². The van der Waals surface area contributed by atoms with Crippen molar-refractivity contribution in [2.24, 2.45) is 0 Å². The number of carboxylic acid groups (broad SMARTS) is 1. The molecule has 2 heterocycles. The number of aromatic nitrogens is 4. The van der Waals surface area contributed by atoms with Crippen LogP contribution in [0.15, 0.2) is 30.6 Å². The summed E-state index contributed by atoms with van der Waals surface area (Å²) in [5.41, 5.74) is 1.63. The molecule has 6 nitrogen and oxygen atoms in total. The Labute approximate surface area is 108 Å². The van der Waals surface area contributed by atoms with Gasteiger partial charge in [0, 0.05) is 18.2 Å². The van der Waals surface area contributed by atoms with Crippen molar-refractivity contribution in [3.8, 4) is 0 Å². The van der Waals surface area contributed by atoms with Crippen LogP contribution in [-0.4, -0.2) is 30.7 Å². The second kappa shape index (κ2) is 4.64. The predicted octanol–water partition coefficient (Wildman–Crippen LogP) is 1.68. The van der Waals surface area contributed by atoms with Crippen molar-refractivity contribution >= 4 is 22.5 Å². The Morgan fingerprint density at radius 3 is 2.95 bits per heavy atom. The normalized spacial score (nSPS) is 11.2. The largest absolute Gasteiger partial charge is 0.481 e. The molecule has 0 spiro atoms. The smallest absolute Gasteiger partial charge is 0.303 e. The van der Waals surface area contributed by atoms with Crippen molar-refractivity contribution in [2.75, 3.05) is 0 Å². The van der Waals surface area contributed by atoms with Gasteiger partial charge in [0.25, 0.3) is 0 Å². The van der Waals surface area contributed by atoms with E-state index < -0.39 is 5.97 Å². The lowest BCUT2D eigenvalue weighted by molar-refractivity contribution is -0.137. The molecule has 0 saturated carbocycles. The number of rotatable bonds is 4. The molecule has 0 aliphatic heterocycles. The van der Waals surface area contributed by atoms with Crippen LogP contribution in [0, 0.1) is 0 Å². The molecule has 96 valence electrons. The van der Waals surface area contributed by atoms with Crippen molar-refractivity contribution in [2.45, 2.75) is 19.3 Å². The summed E-state index contributed by atoms with van der Waals surface area (Å²) in [5.74, 6) is -0.0492. The molecule has 0 radical (unpaired) electrons. The number of para-hydroxylation sites is 1. The molecular weight excluding hydrogens is 244 g/mol. The molecule has 1 N–H and O–H groups in total. The summed E-state index contributed by atoms with van der Waals surface area (Å²) in [7, 11) is 0. The number of carboxylic acids is 1. The number of aliphatic carboxylic acids is 1. The number of nitrogens with zero attached hydrogens (tertiary/aromatic N) is 4. The lowest BCUT2D eigenvalue weighted by Gasteiger charge is -2.01. The van der Waals surface area contributed by atoms with Crippen LogP contribution in [0.2, 0.25) is 0 Å². The van der Waals surface area contributed by atoms with E-state index in [1.807, 2.05) is 28.7 Å². The van der Waals surface area contributed by atoms with E-state index in [4.69, 9.17) is 5.11 Å². The molecule has 0 saturated heterocycles. The minimum atomic E-state index is -0.794. The maximum absolute atomic E-state index is 10.5. The first kappa shape index (κ1) is 11.6. The van der Waals surface area contributed by atoms with Gasteiger partial charge in [-0.25, -0.2) is 4.98 Å². The maximum Gasteiger partial charge on any atom is 0.303 e. The maximum atomic E-state index is 10.5. The lowest BCUT2D eigenvalue weighted by atomic mass is 10.2. The average molecular weight is 256 g/mol. The fourth-order valence-electron chi connectivity index (χ4n) is 2.09. The molecule has 0 atom stereocenters. The molecule has 3 rings (SSSR count). The molecule has 1 aromatic carbocycles. The van der Waals surface area contributed by atoms with E-state index in [0.717, 1.165) is 22.4 Å². The molecule has 0 fully saturated rings. The third kappa shape index (κ3) is 2.12. The van der Waals surface area contributed by atoms with Crippen molar-refractivity contribution in [3.05, 3.63) is 36.4 Å². The monoisotopic (exact) mass is 256 g/mol. The topological polar surface area (TPSA) is 80.4 Å². The Balaban J connectivity index is 1.99. The van der Waals surface area contributed by atoms with Gasteiger partial charge in [-0.05, 0) is 18.6 Å². The molecule has 19 heavy (non-hydrogen) atoms. The molecule has 0 amide bonds. The molecule has 6 heteroatoms. The van der Waals surface area contributed by atoms with E-state index in [1.54, 1.807) is 6.33 Å². The second-order valence-electron chi connectivity index (χ2n) is 4.32. The first-order valence-corrected chi connectivity index (χ1v) is 6.05. The standard InChI is InChI=1S/C13H12N4O2/c18-12(19)7-3-6-11-15-16-13-9-4-1-2-5-10(9)14-8-17(11)13/h1-2,4-5,8H,3,6-7H2,(H,18,19). The van der Waals surface area contributed by atoms with Crippen LogP contribution >= 0.6 is 0 Å². The molecule has 0 aliphatic rings. The van der Waals surface area contributed by atoms with E-state index >= 15 is 0 Å². The minimum Gasteiger partial charge on any atom is -0.481 e. The predicted molar refractivity (Wildman–Crippen MR) is 68.9 cm³/mol. The highest BCUT2D eigenvalue weighted by molar-refractivity contribution is 5.90. The Bertz CT molecular complexity index is 751. The Kier molecular flexibility index (Phi) is 2.83. The van der Waals surface area contributed by atoms with Crippen molar-refractivity contribution in [1.29, 1.82) is 0 Å². The summed E-state index contributed by atoms with van der Waals surface area (Å²) in [6.07, 6.45) is 2.94. The summed E-state index contributed by atoms with van der Waals surface area (Å²) < 4.78 is 1.82. The quantitative estimate of drug-likeness (QED) is 0.768. The fourth-order valence-corrected chi connectivity index (χ4v) is 2.09. The first-order valence-electron chi connectivity index (χ1n) is 6.05. The summed E-state index contributed by atoms with van der Waals surface area (Å²) in [4.78, 5) is 14.9. The van der Waals surface area contributed by atoms with Crippen LogP contribution in [0.3, 0.4) is 0 Å². The molecule has 0 aliphatic carbocycles.